The first-order valence-corrected chi connectivity index (χ1v) is 13.1. The largest absolute Gasteiger partial charge is 0.489 e. The standard InChI is InChI=1S/C24H33FN2O4S/c1-27(22(28)19-2-3-19)24-11-8-23(9-12-24,10-13-24)17-32(29,30)21-6-4-20(5-7-21)31-16-18(14-25)15-26/h4-7,14,19H,2-3,8-13,15-17,26H2,1H3. The lowest BCUT2D eigenvalue weighted by atomic mass is 9.57. The molecule has 0 atom stereocenters. The first kappa shape index (κ1) is 23.2. The lowest BCUT2D eigenvalue weighted by Crippen LogP contribution is -2.58. The smallest absolute Gasteiger partial charge is 0.225 e. The van der Waals surface area contributed by atoms with Crippen molar-refractivity contribution >= 4 is 15.7 Å². The highest BCUT2D eigenvalue weighted by molar-refractivity contribution is 7.91. The van der Waals surface area contributed by atoms with Crippen LogP contribution in [0.4, 0.5) is 4.39 Å². The summed E-state index contributed by atoms with van der Waals surface area (Å²) >= 11 is 0. The fourth-order valence-corrected chi connectivity index (χ4v) is 7.30. The predicted octanol–water partition coefficient (Wildman–Crippen LogP) is 3.61. The van der Waals surface area contributed by atoms with Gasteiger partial charge in [-0.25, -0.2) is 12.8 Å². The van der Waals surface area contributed by atoms with Crippen LogP contribution in [0.5, 0.6) is 5.75 Å². The number of nitrogens with zero attached hydrogens (tertiary/aromatic N) is 1. The summed E-state index contributed by atoms with van der Waals surface area (Å²) in [5.41, 5.74) is 5.45. The number of halogens is 1. The Balaban J connectivity index is 1.38. The van der Waals surface area contributed by atoms with Crippen molar-refractivity contribution in [2.75, 3.05) is 26.0 Å². The topological polar surface area (TPSA) is 89.7 Å². The molecule has 0 aliphatic heterocycles. The van der Waals surface area contributed by atoms with Gasteiger partial charge in [0, 0.05) is 30.6 Å². The van der Waals surface area contributed by atoms with E-state index in [0.717, 1.165) is 51.4 Å². The summed E-state index contributed by atoms with van der Waals surface area (Å²) in [7, 11) is -1.51. The number of amides is 1. The fraction of sp³-hybridized carbons (Fsp3) is 0.625. The van der Waals surface area contributed by atoms with E-state index in [4.69, 9.17) is 10.5 Å². The fourth-order valence-electron chi connectivity index (χ4n) is 5.34. The highest BCUT2D eigenvalue weighted by atomic mass is 32.2. The van der Waals surface area contributed by atoms with E-state index in [9.17, 15) is 17.6 Å². The molecule has 6 nitrogen and oxygen atoms in total. The number of benzene rings is 1. The van der Waals surface area contributed by atoms with Gasteiger partial charge in [0.25, 0.3) is 0 Å². The van der Waals surface area contributed by atoms with E-state index in [1.165, 1.54) is 0 Å². The maximum absolute atomic E-state index is 13.2. The summed E-state index contributed by atoms with van der Waals surface area (Å²) in [4.78, 5) is 14.9. The zero-order chi connectivity index (χ0) is 23.0. The van der Waals surface area contributed by atoms with Gasteiger partial charge in [0.1, 0.15) is 12.4 Å². The lowest BCUT2D eigenvalue weighted by molar-refractivity contribution is -0.143. The van der Waals surface area contributed by atoms with Crippen LogP contribution in [-0.2, 0) is 14.6 Å². The van der Waals surface area contributed by atoms with Crippen LogP contribution in [0.2, 0.25) is 0 Å². The minimum Gasteiger partial charge on any atom is -0.489 e. The van der Waals surface area contributed by atoms with Crippen LogP contribution in [0.1, 0.15) is 51.4 Å². The first-order valence-electron chi connectivity index (χ1n) is 11.4. The van der Waals surface area contributed by atoms with Gasteiger partial charge in [-0.3, -0.25) is 4.79 Å². The summed E-state index contributed by atoms with van der Waals surface area (Å²) in [5, 5.41) is 0. The van der Waals surface area contributed by atoms with Gasteiger partial charge in [-0.15, -0.1) is 0 Å². The number of carbonyl (C=O) groups is 1. The van der Waals surface area contributed by atoms with E-state index < -0.39 is 9.84 Å². The van der Waals surface area contributed by atoms with Gasteiger partial charge >= 0.3 is 0 Å². The molecule has 2 bridgehead atoms. The minimum absolute atomic E-state index is 0.0294. The Bertz CT molecular complexity index is 961. The zero-order valence-electron chi connectivity index (χ0n) is 18.7. The highest BCUT2D eigenvalue weighted by Gasteiger charge is 2.53. The summed E-state index contributed by atoms with van der Waals surface area (Å²) in [6.07, 6.45) is 7.62. The molecule has 4 aliphatic carbocycles. The number of hydrogen-bond donors (Lipinski definition) is 1. The van der Waals surface area contributed by atoms with Gasteiger partial charge in [0.05, 0.1) is 17.0 Å². The second-order valence-electron chi connectivity index (χ2n) is 9.89. The monoisotopic (exact) mass is 464 g/mol. The number of ether oxygens (including phenoxy) is 1. The normalized spacial score (nSPS) is 27.9. The Kier molecular flexibility index (Phi) is 6.38. The molecule has 4 fully saturated rings. The van der Waals surface area contributed by atoms with Crippen molar-refractivity contribution in [3.8, 4) is 5.75 Å². The Morgan fingerprint density at radius 3 is 2.25 bits per heavy atom. The van der Waals surface area contributed by atoms with Crippen LogP contribution in [0.25, 0.3) is 0 Å². The van der Waals surface area contributed by atoms with Gasteiger partial charge in [-0.1, -0.05) is 0 Å². The molecule has 4 saturated carbocycles. The van der Waals surface area contributed by atoms with E-state index >= 15 is 0 Å². The molecule has 0 unspecified atom stereocenters. The van der Waals surface area contributed by atoms with Crippen molar-refractivity contribution in [1.29, 1.82) is 0 Å². The maximum Gasteiger partial charge on any atom is 0.225 e. The number of fused-ring (bicyclic) bond motifs is 3. The maximum atomic E-state index is 13.2. The summed E-state index contributed by atoms with van der Waals surface area (Å²) in [6, 6.07) is 6.31. The molecular weight excluding hydrogens is 431 g/mol. The average molecular weight is 465 g/mol. The van der Waals surface area contributed by atoms with Gasteiger partial charge in [0.2, 0.25) is 5.91 Å². The number of carbonyl (C=O) groups excluding carboxylic acids is 1. The van der Waals surface area contributed by atoms with Crippen molar-refractivity contribution in [2.45, 2.75) is 61.8 Å². The molecule has 32 heavy (non-hydrogen) atoms. The molecule has 1 aromatic rings. The van der Waals surface area contributed by atoms with E-state index in [1.54, 1.807) is 24.3 Å². The number of hydrogen-bond acceptors (Lipinski definition) is 5. The van der Waals surface area contributed by atoms with Crippen LogP contribution in [0, 0.1) is 11.3 Å². The van der Waals surface area contributed by atoms with Crippen LogP contribution < -0.4 is 10.5 Å². The molecule has 0 radical (unpaired) electrons. The summed E-state index contributed by atoms with van der Waals surface area (Å²) in [5.74, 6) is 1.09. The van der Waals surface area contributed by atoms with Gasteiger partial charge in [0.15, 0.2) is 9.84 Å². The van der Waals surface area contributed by atoms with Crippen LogP contribution in [0.15, 0.2) is 41.1 Å². The third kappa shape index (κ3) is 4.57. The molecule has 8 heteroatoms. The van der Waals surface area contributed by atoms with Crippen molar-refractivity contribution in [3.05, 3.63) is 36.2 Å². The number of nitrogens with two attached hydrogens (primary N) is 1. The minimum atomic E-state index is -3.45. The molecule has 1 aromatic carbocycles. The zero-order valence-corrected chi connectivity index (χ0v) is 19.5. The second-order valence-corrected chi connectivity index (χ2v) is 11.9. The van der Waals surface area contributed by atoms with E-state index in [-0.39, 0.29) is 46.6 Å². The molecule has 176 valence electrons. The van der Waals surface area contributed by atoms with Crippen molar-refractivity contribution in [2.24, 2.45) is 17.1 Å². The molecule has 0 saturated heterocycles. The predicted molar refractivity (Wildman–Crippen MR) is 121 cm³/mol. The molecule has 0 aromatic heterocycles. The van der Waals surface area contributed by atoms with E-state index in [0.29, 0.717) is 17.7 Å². The van der Waals surface area contributed by atoms with Crippen molar-refractivity contribution < 1.29 is 22.3 Å². The molecule has 4 aliphatic rings. The molecular formula is C24H33FN2O4S. The molecule has 0 heterocycles. The Morgan fingerprint density at radius 2 is 1.75 bits per heavy atom. The van der Waals surface area contributed by atoms with Gasteiger partial charge in [-0.2, -0.15) is 0 Å². The van der Waals surface area contributed by atoms with E-state index in [2.05, 4.69) is 0 Å². The summed E-state index contributed by atoms with van der Waals surface area (Å²) in [6.45, 7) is 0.0958. The van der Waals surface area contributed by atoms with Crippen molar-refractivity contribution in [3.63, 3.8) is 0 Å². The Labute approximate surface area is 189 Å². The number of rotatable bonds is 9. The van der Waals surface area contributed by atoms with Gasteiger partial charge in [-0.05, 0) is 81.0 Å². The third-order valence-electron chi connectivity index (χ3n) is 7.85. The van der Waals surface area contributed by atoms with Crippen LogP contribution in [0.3, 0.4) is 0 Å². The number of sulfone groups is 1. The van der Waals surface area contributed by atoms with Gasteiger partial charge < -0.3 is 15.4 Å². The SMILES string of the molecule is CN(C(=O)C1CC1)C12CCC(CS(=O)(=O)c3ccc(OCC(=CF)CN)cc3)(CC1)CC2. The van der Waals surface area contributed by atoms with Crippen LogP contribution >= 0.6 is 0 Å². The van der Waals surface area contributed by atoms with E-state index in [1.807, 2.05) is 11.9 Å². The second kappa shape index (κ2) is 8.78. The first-order chi connectivity index (χ1) is 15.2. The molecule has 5 rings (SSSR count). The Morgan fingerprint density at radius 1 is 1.16 bits per heavy atom. The third-order valence-corrected chi connectivity index (χ3v) is 9.83. The lowest BCUT2D eigenvalue weighted by Gasteiger charge is -2.56. The molecule has 0 spiro atoms. The average Bonchev–Trinajstić information content (AvgIpc) is 3.65. The molecule has 2 N–H and O–H groups in total. The molecule has 1 amide bonds. The van der Waals surface area contributed by atoms with Crippen molar-refractivity contribution in [1.82, 2.24) is 4.90 Å². The van der Waals surface area contributed by atoms with Crippen LogP contribution in [-0.4, -0.2) is 50.7 Å². The highest BCUT2D eigenvalue weighted by Crippen LogP contribution is 2.55. The quantitative estimate of drug-likeness (QED) is 0.603. The summed E-state index contributed by atoms with van der Waals surface area (Å²) < 4.78 is 44.5. The Hall–Kier alpha value is -1.93.